The number of nitrogens with two attached hydrogens (primary N) is 1. The molecule has 0 spiro atoms. The summed E-state index contributed by atoms with van der Waals surface area (Å²) in [5, 5.41) is 0.999. The molecule has 1 aromatic heterocycles. The van der Waals surface area contributed by atoms with Gasteiger partial charge in [0.25, 0.3) is 5.91 Å². The van der Waals surface area contributed by atoms with Gasteiger partial charge in [0.2, 0.25) is 0 Å². The van der Waals surface area contributed by atoms with Gasteiger partial charge in [-0.15, -0.1) is 0 Å². The average Bonchev–Trinajstić information content (AvgIpc) is 3.01. The van der Waals surface area contributed by atoms with Crippen LogP contribution in [-0.4, -0.2) is 35.4 Å². The first-order valence-corrected chi connectivity index (χ1v) is 7.52. The van der Waals surface area contributed by atoms with Crippen LogP contribution in [0.3, 0.4) is 0 Å². The molecule has 2 unspecified atom stereocenters. The quantitative estimate of drug-likeness (QED) is 0.941. The van der Waals surface area contributed by atoms with Crippen LogP contribution < -0.4 is 5.73 Å². The van der Waals surface area contributed by atoms with Crippen LogP contribution >= 0.6 is 0 Å². The minimum atomic E-state index is 0.0751. The van der Waals surface area contributed by atoms with Gasteiger partial charge in [0, 0.05) is 30.2 Å². The number of hydrogen-bond acceptors (Lipinski definition) is 3. The lowest BCUT2D eigenvalue weighted by Crippen LogP contribution is -2.41. The van der Waals surface area contributed by atoms with Crippen molar-refractivity contribution in [2.24, 2.45) is 11.7 Å². The van der Waals surface area contributed by atoms with Crippen LogP contribution in [0.2, 0.25) is 0 Å². The maximum atomic E-state index is 12.7. The van der Waals surface area contributed by atoms with E-state index in [1.165, 1.54) is 0 Å². The molecule has 1 aliphatic carbocycles. The van der Waals surface area contributed by atoms with Crippen molar-refractivity contribution < 1.29 is 4.79 Å². The maximum absolute atomic E-state index is 12.7. The van der Waals surface area contributed by atoms with E-state index < -0.39 is 0 Å². The zero-order valence-corrected chi connectivity index (χ0v) is 12.3. The number of aromatic nitrogens is 1. The highest BCUT2D eigenvalue weighted by Gasteiger charge is 2.32. The van der Waals surface area contributed by atoms with Gasteiger partial charge in [-0.2, -0.15) is 0 Å². The molecule has 21 heavy (non-hydrogen) atoms. The fourth-order valence-corrected chi connectivity index (χ4v) is 3.36. The zero-order chi connectivity index (χ0) is 14.8. The Morgan fingerprint density at radius 1 is 1.38 bits per heavy atom. The van der Waals surface area contributed by atoms with Crippen LogP contribution in [0.5, 0.6) is 0 Å². The predicted octanol–water partition coefficient (Wildman–Crippen LogP) is 2.43. The van der Waals surface area contributed by atoms with Gasteiger partial charge in [0.15, 0.2) is 0 Å². The summed E-state index contributed by atoms with van der Waals surface area (Å²) in [7, 11) is 1.90. The van der Waals surface area contributed by atoms with Gasteiger partial charge in [-0.25, -0.2) is 0 Å². The van der Waals surface area contributed by atoms with Gasteiger partial charge in [0.05, 0.1) is 5.52 Å². The van der Waals surface area contributed by atoms with Crippen molar-refractivity contribution in [2.75, 3.05) is 13.6 Å². The van der Waals surface area contributed by atoms with E-state index >= 15 is 0 Å². The summed E-state index contributed by atoms with van der Waals surface area (Å²) < 4.78 is 0. The summed E-state index contributed by atoms with van der Waals surface area (Å²) in [5.41, 5.74) is 7.47. The molecule has 1 aromatic carbocycles. The lowest BCUT2D eigenvalue weighted by molar-refractivity contribution is 0.0700. The molecule has 2 N–H and O–H groups in total. The first-order valence-electron chi connectivity index (χ1n) is 7.52. The molecule has 1 heterocycles. The molecule has 3 rings (SSSR count). The third-order valence-corrected chi connectivity index (χ3v) is 4.59. The Hall–Kier alpha value is -1.94. The fourth-order valence-electron chi connectivity index (χ4n) is 3.36. The molecule has 1 saturated carbocycles. The van der Waals surface area contributed by atoms with Crippen molar-refractivity contribution in [1.82, 2.24) is 9.88 Å². The SMILES string of the molecule is CN(C(=O)c1ccc2ncccc2c1)C1CCCC1CN. The molecule has 4 nitrogen and oxygen atoms in total. The van der Waals surface area contributed by atoms with Crippen LogP contribution in [0.15, 0.2) is 36.5 Å². The smallest absolute Gasteiger partial charge is 0.253 e. The molecule has 0 bridgehead atoms. The summed E-state index contributed by atoms with van der Waals surface area (Å²) >= 11 is 0. The molecular formula is C17H21N3O. The van der Waals surface area contributed by atoms with E-state index in [9.17, 15) is 4.79 Å². The van der Waals surface area contributed by atoms with Crippen molar-refractivity contribution in [2.45, 2.75) is 25.3 Å². The van der Waals surface area contributed by atoms with E-state index in [4.69, 9.17) is 5.73 Å². The minimum Gasteiger partial charge on any atom is -0.338 e. The third-order valence-electron chi connectivity index (χ3n) is 4.59. The monoisotopic (exact) mass is 283 g/mol. The Morgan fingerprint density at radius 2 is 2.24 bits per heavy atom. The molecule has 4 heteroatoms. The summed E-state index contributed by atoms with van der Waals surface area (Å²) in [6.07, 6.45) is 5.10. The zero-order valence-electron chi connectivity index (χ0n) is 12.3. The van der Waals surface area contributed by atoms with Crippen molar-refractivity contribution in [1.29, 1.82) is 0 Å². The number of pyridine rings is 1. The highest BCUT2D eigenvalue weighted by Crippen LogP contribution is 2.29. The molecule has 1 aliphatic rings. The molecule has 1 fully saturated rings. The number of carbonyl (C=O) groups is 1. The number of carbonyl (C=O) groups excluding carboxylic acids is 1. The lowest BCUT2D eigenvalue weighted by atomic mass is 10.0. The summed E-state index contributed by atoms with van der Waals surface area (Å²) in [6, 6.07) is 9.84. The van der Waals surface area contributed by atoms with E-state index in [-0.39, 0.29) is 11.9 Å². The van der Waals surface area contributed by atoms with Crippen LogP contribution in [0, 0.1) is 5.92 Å². The van der Waals surface area contributed by atoms with Gasteiger partial charge >= 0.3 is 0 Å². The Labute approximate surface area is 125 Å². The van der Waals surface area contributed by atoms with E-state index in [1.807, 2.05) is 42.3 Å². The second kappa shape index (κ2) is 5.82. The van der Waals surface area contributed by atoms with Gasteiger partial charge in [-0.05, 0) is 49.6 Å². The summed E-state index contributed by atoms with van der Waals surface area (Å²) in [4.78, 5) is 18.9. The standard InChI is InChI=1S/C17H21N3O/c1-20(16-6-2-4-14(16)11-18)17(21)13-7-8-15-12(10-13)5-3-9-19-15/h3,5,7-10,14,16H,2,4,6,11,18H2,1H3. The number of amides is 1. The predicted molar refractivity (Wildman–Crippen MR) is 84.0 cm³/mol. The normalized spacial score (nSPS) is 21.6. The minimum absolute atomic E-state index is 0.0751. The molecule has 0 saturated heterocycles. The number of rotatable bonds is 3. The number of fused-ring (bicyclic) bond motifs is 1. The van der Waals surface area contributed by atoms with E-state index in [0.29, 0.717) is 12.5 Å². The molecule has 0 aliphatic heterocycles. The number of nitrogens with zero attached hydrogens (tertiary/aromatic N) is 2. The van der Waals surface area contributed by atoms with E-state index in [0.717, 1.165) is 35.7 Å². The molecule has 2 atom stereocenters. The topological polar surface area (TPSA) is 59.2 Å². The van der Waals surface area contributed by atoms with Crippen LogP contribution in [0.1, 0.15) is 29.6 Å². The van der Waals surface area contributed by atoms with Gasteiger partial charge in [0.1, 0.15) is 0 Å². The Balaban J connectivity index is 1.85. The second-order valence-electron chi connectivity index (χ2n) is 5.82. The first kappa shape index (κ1) is 14.0. The highest BCUT2D eigenvalue weighted by atomic mass is 16.2. The summed E-state index contributed by atoms with van der Waals surface area (Å²) in [6.45, 7) is 0.657. The Bertz CT molecular complexity index is 655. The van der Waals surface area contributed by atoms with Crippen molar-refractivity contribution in [3.05, 3.63) is 42.1 Å². The van der Waals surface area contributed by atoms with Crippen LogP contribution in [0.4, 0.5) is 0 Å². The third kappa shape index (κ3) is 2.63. The fraction of sp³-hybridized carbons (Fsp3) is 0.412. The lowest BCUT2D eigenvalue weighted by Gasteiger charge is -2.29. The van der Waals surface area contributed by atoms with Crippen molar-refractivity contribution >= 4 is 16.8 Å². The van der Waals surface area contributed by atoms with Crippen LogP contribution in [-0.2, 0) is 0 Å². The first-order chi connectivity index (χ1) is 10.2. The Morgan fingerprint density at radius 3 is 3.05 bits per heavy atom. The van der Waals surface area contributed by atoms with Crippen molar-refractivity contribution in [3.8, 4) is 0 Å². The molecule has 0 radical (unpaired) electrons. The molecule has 110 valence electrons. The van der Waals surface area contributed by atoms with E-state index in [2.05, 4.69) is 4.98 Å². The average molecular weight is 283 g/mol. The van der Waals surface area contributed by atoms with Crippen molar-refractivity contribution in [3.63, 3.8) is 0 Å². The Kier molecular flexibility index (Phi) is 3.88. The van der Waals surface area contributed by atoms with Gasteiger partial charge in [-0.3, -0.25) is 9.78 Å². The number of benzene rings is 1. The molecule has 1 amide bonds. The summed E-state index contributed by atoms with van der Waals surface area (Å²) in [5.74, 6) is 0.507. The van der Waals surface area contributed by atoms with E-state index in [1.54, 1.807) is 6.20 Å². The maximum Gasteiger partial charge on any atom is 0.253 e. The molecular weight excluding hydrogens is 262 g/mol. The van der Waals surface area contributed by atoms with Crippen LogP contribution in [0.25, 0.3) is 10.9 Å². The van der Waals surface area contributed by atoms with Gasteiger partial charge in [-0.1, -0.05) is 12.5 Å². The second-order valence-corrected chi connectivity index (χ2v) is 5.82. The number of hydrogen-bond donors (Lipinski definition) is 1. The highest BCUT2D eigenvalue weighted by molar-refractivity contribution is 5.98. The largest absolute Gasteiger partial charge is 0.338 e. The van der Waals surface area contributed by atoms with Gasteiger partial charge < -0.3 is 10.6 Å². The molecule has 2 aromatic rings.